The van der Waals surface area contributed by atoms with Gasteiger partial charge in [-0.2, -0.15) is 0 Å². The highest BCUT2D eigenvalue weighted by molar-refractivity contribution is 9.10. The minimum absolute atomic E-state index is 0.592. The maximum Gasteiger partial charge on any atom is 0.140 e. The molecule has 0 radical (unpaired) electrons. The van der Waals surface area contributed by atoms with E-state index in [0.29, 0.717) is 10.9 Å². The van der Waals surface area contributed by atoms with Crippen molar-refractivity contribution in [1.29, 1.82) is 0 Å². The first-order valence-corrected chi connectivity index (χ1v) is 6.05. The predicted molar refractivity (Wildman–Crippen MR) is 64.4 cm³/mol. The fraction of sp³-hybridized carbons (Fsp3) is 0.500. The van der Waals surface area contributed by atoms with Crippen LogP contribution in [0.4, 0.5) is 5.82 Å². The molecule has 1 N–H and O–H groups in total. The van der Waals surface area contributed by atoms with Crippen LogP contribution in [0.1, 0.15) is 6.42 Å². The van der Waals surface area contributed by atoms with Gasteiger partial charge in [-0.15, -0.1) is 0 Å². The second-order valence-corrected chi connectivity index (χ2v) is 4.89. The molecule has 1 aliphatic heterocycles. The Kier molecular flexibility index (Phi) is 3.83. The number of hydrogen-bond acceptors (Lipinski definition) is 3. The van der Waals surface area contributed by atoms with Crippen LogP contribution in [0.3, 0.4) is 0 Å². The summed E-state index contributed by atoms with van der Waals surface area (Å²) in [5.41, 5.74) is 0. The van der Waals surface area contributed by atoms with Crippen molar-refractivity contribution in [2.24, 2.45) is 5.92 Å². The molecule has 0 bridgehead atoms. The van der Waals surface area contributed by atoms with Crippen LogP contribution >= 0.6 is 27.5 Å². The minimum atomic E-state index is 0.592. The number of rotatable bonds is 3. The Bertz CT molecular complexity index is 342. The van der Waals surface area contributed by atoms with Crippen LogP contribution < -0.4 is 5.32 Å². The Labute approximate surface area is 102 Å². The topological polar surface area (TPSA) is 34.2 Å². The second kappa shape index (κ2) is 5.14. The zero-order chi connectivity index (χ0) is 10.7. The molecule has 1 saturated heterocycles. The Morgan fingerprint density at radius 2 is 2.53 bits per heavy atom. The lowest BCUT2D eigenvalue weighted by atomic mass is 10.1. The van der Waals surface area contributed by atoms with E-state index < -0.39 is 0 Å². The van der Waals surface area contributed by atoms with Crippen LogP contribution in [0.2, 0.25) is 5.02 Å². The molecular weight excluding hydrogens is 279 g/mol. The Morgan fingerprint density at radius 1 is 1.67 bits per heavy atom. The number of hydrogen-bond donors (Lipinski definition) is 1. The van der Waals surface area contributed by atoms with Crippen molar-refractivity contribution >= 4 is 33.3 Å². The van der Waals surface area contributed by atoms with Crippen LogP contribution in [0.15, 0.2) is 16.7 Å². The third kappa shape index (κ3) is 3.06. The average molecular weight is 292 g/mol. The molecule has 0 spiro atoms. The van der Waals surface area contributed by atoms with E-state index in [2.05, 4.69) is 26.2 Å². The lowest BCUT2D eigenvalue weighted by Crippen LogP contribution is -2.15. The van der Waals surface area contributed by atoms with Gasteiger partial charge in [-0.05, 0) is 28.4 Å². The fourth-order valence-electron chi connectivity index (χ4n) is 1.53. The van der Waals surface area contributed by atoms with Crippen LogP contribution in [0, 0.1) is 5.92 Å². The first kappa shape index (κ1) is 11.2. The summed E-state index contributed by atoms with van der Waals surface area (Å²) >= 11 is 9.22. The van der Waals surface area contributed by atoms with E-state index in [4.69, 9.17) is 16.3 Å². The summed E-state index contributed by atoms with van der Waals surface area (Å²) < 4.78 is 6.20. The lowest BCUT2D eigenvalue weighted by molar-refractivity contribution is 0.187. The van der Waals surface area contributed by atoms with Gasteiger partial charge in [0.15, 0.2) is 0 Å². The summed E-state index contributed by atoms with van der Waals surface area (Å²) in [5, 5.41) is 3.92. The van der Waals surface area contributed by atoms with Gasteiger partial charge in [0.05, 0.1) is 16.1 Å². The van der Waals surface area contributed by atoms with Gasteiger partial charge in [0.2, 0.25) is 0 Å². The van der Waals surface area contributed by atoms with E-state index in [1.165, 1.54) is 0 Å². The van der Waals surface area contributed by atoms with Crippen molar-refractivity contribution < 1.29 is 4.74 Å². The van der Waals surface area contributed by atoms with Gasteiger partial charge >= 0.3 is 0 Å². The highest BCUT2D eigenvalue weighted by Crippen LogP contribution is 2.23. The molecule has 3 nitrogen and oxygen atoms in total. The van der Waals surface area contributed by atoms with Crippen LogP contribution in [0.5, 0.6) is 0 Å². The molecule has 82 valence electrons. The summed E-state index contributed by atoms with van der Waals surface area (Å²) in [4.78, 5) is 4.21. The van der Waals surface area contributed by atoms with Gasteiger partial charge in [-0.25, -0.2) is 4.98 Å². The Morgan fingerprint density at radius 3 is 3.20 bits per heavy atom. The molecule has 15 heavy (non-hydrogen) atoms. The van der Waals surface area contributed by atoms with E-state index in [1.54, 1.807) is 6.20 Å². The van der Waals surface area contributed by atoms with E-state index in [9.17, 15) is 0 Å². The largest absolute Gasteiger partial charge is 0.381 e. The normalized spacial score (nSPS) is 20.5. The molecule has 1 aromatic rings. The number of ether oxygens (including phenoxy) is 1. The molecule has 1 atom stereocenters. The Hall–Kier alpha value is -0.320. The molecule has 0 saturated carbocycles. The summed E-state index contributed by atoms with van der Waals surface area (Å²) in [7, 11) is 0. The molecule has 0 amide bonds. The van der Waals surface area contributed by atoms with Crippen molar-refractivity contribution in [1.82, 2.24) is 4.98 Å². The Balaban J connectivity index is 1.92. The summed E-state index contributed by atoms with van der Waals surface area (Å²) in [6, 6.07) is 1.84. The predicted octanol–water partition coefficient (Wildman–Crippen LogP) is 2.95. The molecule has 0 aromatic carbocycles. The highest BCUT2D eigenvalue weighted by atomic mass is 79.9. The molecule has 1 fully saturated rings. The van der Waals surface area contributed by atoms with Crippen molar-refractivity contribution in [2.75, 3.05) is 25.1 Å². The smallest absolute Gasteiger partial charge is 0.140 e. The lowest BCUT2D eigenvalue weighted by Gasteiger charge is -2.11. The number of aromatic nitrogens is 1. The molecular formula is C10H12BrClN2O. The molecule has 1 unspecified atom stereocenters. The van der Waals surface area contributed by atoms with E-state index >= 15 is 0 Å². The van der Waals surface area contributed by atoms with Gasteiger partial charge in [0.1, 0.15) is 5.82 Å². The van der Waals surface area contributed by atoms with Gasteiger partial charge < -0.3 is 10.1 Å². The molecule has 1 aromatic heterocycles. The first-order chi connectivity index (χ1) is 7.25. The van der Waals surface area contributed by atoms with Crippen LogP contribution in [-0.2, 0) is 4.74 Å². The molecule has 2 heterocycles. The third-order valence-corrected chi connectivity index (χ3v) is 3.20. The monoisotopic (exact) mass is 290 g/mol. The summed E-state index contributed by atoms with van der Waals surface area (Å²) in [5.74, 6) is 1.43. The zero-order valence-corrected chi connectivity index (χ0v) is 10.5. The van der Waals surface area contributed by atoms with Crippen molar-refractivity contribution in [3.8, 4) is 0 Å². The number of halogens is 2. The van der Waals surface area contributed by atoms with Gasteiger partial charge in [-0.3, -0.25) is 0 Å². The second-order valence-electron chi connectivity index (χ2n) is 3.59. The number of anilines is 1. The molecule has 1 aliphatic rings. The van der Waals surface area contributed by atoms with Crippen molar-refractivity contribution in [3.05, 3.63) is 21.8 Å². The van der Waals surface area contributed by atoms with Gasteiger partial charge in [0.25, 0.3) is 0 Å². The maximum absolute atomic E-state index is 5.80. The van der Waals surface area contributed by atoms with Crippen LogP contribution in [-0.4, -0.2) is 24.7 Å². The van der Waals surface area contributed by atoms with Crippen LogP contribution in [0.25, 0.3) is 0 Å². The van der Waals surface area contributed by atoms with Crippen molar-refractivity contribution in [2.45, 2.75) is 6.42 Å². The molecule has 5 heteroatoms. The number of nitrogens with zero attached hydrogens (tertiary/aromatic N) is 1. The summed E-state index contributed by atoms with van der Waals surface area (Å²) in [6.45, 7) is 2.62. The molecule has 2 rings (SSSR count). The number of nitrogens with one attached hydrogen (secondary N) is 1. The summed E-state index contributed by atoms with van der Waals surface area (Å²) in [6.07, 6.45) is 2.76. The first-order valence-electron chi connectivity index (χ1n) is 4.88. The highest BCUT2D eigenvalue weighted by Gasteiger charge is 2.15. The van der Waals surface area contributed by atoms with E-state index in [1.807, 2.05) is 6.07 Å². The van der Waals surface area contributed by atoms with E-state index in [-0.39, 0.29) is 0 Å². The van der Waals surface area contributed by atoms with Gasteiger partial charge in [0, 0.05) is 25.3 Å². The standard InChI is InChI=1S/C10H12BrClN2O/c11-9-3-8(12)5-14-10(9)13-4-7-1-2-15-6-7/h3,5,7H,1-2,4,6H2,(H,13,14). The molecule has 0 aliphatic carbocycles. The maximum atomic E-state index is 5.80. The number of pyridine rings is 1. The SMILES string of the molecule is Clc1cnc(NCC2CCOC2)c(Br)c1. The average Bonchev–Trinajstić information content (AvgIpc) is 2.69. The van der Waals surface area contributed by atoms with Gasteiger partial charge in [-0.1, -0.05) is 11.6 Å². The van der Waals surface area contributed by atoms with Crippen molar-refractivity contribution in [3.63, 3.8) is 0 Å². The minimum Gasteiger partial charge on any atom is -0.381 e. The quantitative estimate of drug-likeness (QED) is 0.930. The van der Waals surface area contributed by atoms with E-state index in [0.717, 1.165) is 36.5 Å². The zero-order valence-electron chi connectivity index (χ0n) is 8.17. The third-order valence-electron chi connectivity index (χ3n) is 2.39. The fourth-order valence-corrected chi connectivity index (χ4v) is 2.31.